The van der Waals surface area contributed by atoms with Gasteiger partial charge in [0.2, 0.25) is 5.69 Å². The van der Waals surface area contributed by atoms with Crippen LogP contribution < -0.4 is 5.73 Å². The quantitative estimate of drug-likeness (QED) is 0.526. The van der Waals surface area contributed by atoms with Crippen molar-refractivity contribution in [2.75, 3.05) is 5.73 Å². The van der Waals surface area contributed by atoms with E-state index in [1.807, 2.05) is 5.38 Å². The van der Waals surface area contributed by atoms with Crippen LogP contribution >= 0.6 is 11.3 Å². The summed E-state index contributed by atoms with van der Waals surface area (Å²) in [6.45, 7) is 6.55. The number of hydrogen-bond acceptors (Lipinski definition) is 2. The molecular formula is C5H4N2S. The lowest BCUT2D eigenvalue weighted by Crippen LogP contribution is -1.74. The van der Waals surface area contributed by atoms with Crippen LogP contribution in [0, 0.1) is 6.57 Å². The second-order valence-electron chi connectivity index (χ2n) is 1.28. The summed E-state index contributed by atoms with van der Waals surface area (Å²) >= 11 is 1.39. The molecule has 1 rings (SSSR count). The van der Waals surface area contributed by atoms with Gasteiger partial charge in [-0.25, -0.2) is 4.85 Å². The molecule has 2 nitrogen and oxygen atoms in total. The average molecular weight is 124 g/mol. The Morgan fingerprint density at radius 2 is 2.50 bits per heavy atom. The monoisotopic (exact) mass is 124 g/mol. The molecule has 0 aliphatic carbocycles. The maximum atomic E-state index is 6.55. The van der Waals surface area contributed by atoms with E-state index in [1.54, 1.807) is 6.07 Å². The van der Waals surface area contributed by atoms with Crippen LogP contribution in [0.2, 0.25) is 0 Å². The van der Waals surface area contributed by atoms with Crippen molar-refractivity contribution in [2.24, 2.45) is 0 Å². The zero-order chi connectivity index (χ0) is 5.98. The third-order valence-electron chi connectivity index (χ3n) is 0.794. The van der Waals surface area contributed by atoms with Crippen LogP contribution in [0.1, 0.15) is 0 Å². The van der Waals surface area contributed by atoms with E-state index in [2.05, 4.69) is 4.85 Å². The molecule has 0 atom stereocenters. The molecule has 0 saturated heterocycles. The molecule has 2 N–H and O–H groups in total. The minimum Gasteiger partial charge on any atom is -0.399 e. The Morgan fingerprint density at radius 1 is 1.75 bits per heavy atom. The lowest BCUT2D eigenvalue weighted by atomic mass is 10.5. The van der Waals surface area contributed by atoms with Crippen molar-refractivity contribution in [3.8, 4) is 0 Å². The Hall–Kier alpha value is -1.01. The zero-order valence-corrected chi connectivity index (χ0v) is 4.90. The molecule has 0 fully saturated rings. The minimum atomic E-state index is 0.565. The number of anilines is 1. The first-order valence-corrected chi connectivity index (χ1v) is 2.93. The summed E-state index contributed by atoms with van der Waals surface area (Å²) in [5.41, 5.74) is 5.92. The van der Waals surface area contributed by atoms with Gasteiger partial charge in [-0.05, 0) is 11.4 Å². The van der Waals surface area contributed by atoms with Crippen LogP contribution in [0.25, 0.3) is 4.85 Å². The zero-order valence-electron chi connectivity index (χ0n) is 4.09. The maximum Gasteiger partial charge on any atom is 0.220 e. The fraction of sp³-hybridized carbons (Fsp3) is 0. The Balaban J connectivity index is 3.15. The molecule has 0 aromatic carbocycles. The largest absolute Gasteiger partial charge is 0.399 e. The number of rotatable bonds is 0. The molecule has 0 bridgehead atoms. The molecule has 0 saturated carbocycles. The van der Waals surface area contributed by atoms with Gasteiger partial charge >= 0.3 is 0 Å². The molecule has 0 spiro atoms. The predicted octanol–water partition coefficient (Wildman–Crippen LogP) is 1.88. The van der Waals surface area contributed by atoms with E-state index in [-0.39, 0.29) is 0 Å². The van der Waals surface area contributed by atoms with Crippen molar-refractivity contribution in [3.05, 3.63) is 22.9 Å². The molecular weight excluding hydrogens is 120 g/mol. The van der Waals surface area contributed by atoms with Crippen LogP contribution in [0.3, 0.4) is 0 Å². The number of nitrogen functional groups attached to an aromatic ring is 1. The summed E-state index contributed by atoms with van der Waals surface area (Å²) in [6.07, 6.45) is 0. The van der Waals surface area contributed by atoms with Gasteiger partial charge in [-0.3, -0.25) is 0 Å². The van der Waals surface area contributed by atoms with E-state index >= 15 is 0 Å². The van der Waals surface area contributed by atoms with Crippen molar-refractivity contribution < 1.29 is 0 Å². The predicted molar refractivity (Wildman–Crippen MR) is 35.0 cm³/mol. The summed E-state index contributed by atoms with van der Waals surface area (Å²) in [4.78, 5) is 3.17. The standard InChI is InChI=1S/C5H4N2S/c1-7-4-2-3-8-5(4)6/h2-3H,6H2. The highest BCUT2D eigenvalue weighted by Crippen LogP contribution is 2.26. The first kappa shape index (κ1) is 5.13. The first-order valence-electron chi connectivity index (χ1n) is 2.05. The third-order valence-corrected chi connectivity index (χ3v) is 1.53. The second kappa shape index (κ2) is 1.85. The highest BCUT2D eigenvalue weighted by atomic mass is 32.1. The van der Waals surface area contributed by atoms with Gasteiger partial charge in [-0.2, -0.15) is 0 Å². The van der Waals surface area contributed by atoms with E-state index in [0.29, 0.717) is 10.7 Å². The van der Waals surface area contributed by atoms with Crippen molar-refractivity contribution in [1.82, 2.24) is 0 Å². The summed E-state index contributed by atoms with van der Waals surface area (Å²) in [6, 6.07) is 1.72. The highest BCUT2D eigenvalue weighted by molar-refractivity contribution is 7.14. The summed E-state index contributed by atoms with van der Waals surface area (Å²) in [7, 11) is 0. The number of thiophene rings is 1. The molecule has 3 heteroatoms. The highest BCUT2D eigenvalue weighted by Gasteiger charge is 1.94. The fourth-order valence-corrected chi connectivity index (χ4v) is 0.985. The van der Waals surface area contributed by atoms with Crippen molar-refractivity contribution in [3.63, 3.8) is 0 Å². The van der Waals surface area contributed by atoms with E-state index in [9.17, 15) is 0 Å². The van der Waals surface area contributed by atoms with Gasteiger partial charge in [0.15, 0.2) is 0 Å². The maximum absolute atomic E-state index is 6.55. The van der Waals surface area contributed by atoms with Crippen molar-refractivity contribution in [1.29, 1.82) is 0 Å². The van der Waals surface area contributed by atoms with Crippen LogP contribution in [-0.4, -0.2) is 0 Å². The Bertz CT molecular complexity index is 221. The Morgan fingerprint density at radius 3 is 2.75 bits per heavy atom. The number of nitrogens with zero attached hydrogens (tertiary/aromatic N) is 1. The Labute approximate surface area is 51.4 Å². The summed E-state index contributed by atoms with van der Waals surface area (Å²) in [5, 5.41) is 2.42. The molecule has 0 radical (unpaired) electrons. The van der Waals surface area contributed by atoms with Gasteiger partial charge < -0.3 is 5.73 Å². The SMILES string of the molecule is [C-]#[N+]c1ccsc1N. The third kappa shape index (κ3) is 0.658. The normalized spacial score (nSPS) is 8.38. The van der Waals surface area contributed by atoms with Gasteiger partial charge in [0.1, 0.15) is 0 Å². The van der Waals surface area contributed by atoms with E-state index < -0.39 is 0 Å². The Kier molecular flexibility index (Phi) is 1.18. The smallest absolute Gasteiger partial charge is 0.220 e. The van der Waals surface area contributed by atoms with Crippen LogP contribution in [0.5, 0.6) is 0 Å². The molecule has 0 aliphatic heterocycles. The fourth-order valence-electron chi connectivity index (χ4n) is 0.407. The van der Waals surface area contributed by atoms with Crippen LogP contribution in [0.15, 0.2) is 11.4 Å². The molecule has 1 heterocycles. The molecule has 1 aromatic heterocycles. The second-order valence-corrected chi connectivity index (χ2v) is 2.23. The van der Waals surface area contributed by atoms with Gasteiger partial charge in [-0.1, -0.05) is 0 Å². The van der Waals surface area contributed by atoms with Gasteiger partial charge in [0.05, 0.1) is 11.6 Å². The van der Waals surface area contributed by atoms with Crippen LogP contribution in [-0.2, 0) is 0 Å². The molecule has 0 amide bonds. The van der Waals surface area contributed by atoms with E-state index in [4.69, 9.17) is 12.3 Å². The van der Waals surface area contributed by atoms with Gasteiger partial charge in [0.25, 0.3) is 0 Å². The van der Waals surface area contributed by atoms with Gasteiger partial charge in [-0.15, -0.1) is 11.3 Å². The molecule has 8 heavy (non-hydrogen) atoms. The van der Waals surface area contributed by atoms with Crippen LogP contribution in [0.4, 0.5) is 10.7 Å². The molecule has 40 valence electrons. The molecule has 0 aliphatic rings. The number of hydrogen-bond donors (Lipinski definition) is 1. The van der Waals surface area contributed by atoms with Gasteiger partial charge in [0, 0.05) is 0 Å². The van der Waals surface area contributed by atoms with E-state index in [1.165, 1.54) is 11.3 Å². The van der Waals surface area contributed by atoms with Crippen molar-refractivity contribution >= 4 is 22.0 Å². The lowest BCUT2D eigenvalue weighted by Gasteiger charge is -1.78. The minimum absolute atomic E-state index is 0.565. The van der Waals surface area contributed by atoms with E-state index in [0.717, 1.165) is 0 Å². The first-order chi connectivity index (χ1) is 3.84. The molecule has 1 aromatic rings. The van der Waals surface area contributed by atoms with Crippen molar-refractivity contribution in [2.45, 2.75) is 0 Å². The lowest BCUT2D eigenvalue weighted by molar-refractivity contribution is 1.91. The average Bonchev–Trinajstić information content (AvgIpc) is 2.14. The topological polar surface area (TPSA) is 30.4 Å². The summed E-state index contributed by atoms with van der Waals surface area (Å²) in [5.74, 6) is 0. The summed E-state index contributed by atoms with van der Waals surface area (Å²) < 4.78 is 0. The molecule has 0 unspecified atom stereocenters. The number of nitrogens with two attached hydrogens (primary N) is 1.